The standard InChI is InChI=1S/C16H21NO5/c1-16(2,3)22-15(20)17-10-13(18)9-14(19)21-11-12-7-5-4-6-8-12/h4-8H,9-11H2,1-3H3,(H,17,20). The van der Waals surface area contributed by atoms with Crippen molar-refractivity contribution in [3.05, 3.63) is 35.9 Å². The third-order valence-corrected chi connectivity index (χ3v) is 2.41. The smallest absolute Gasteiger partial charge is 0.408 e. The average molecular weight is 307 g/mol. The van der Waals surface area contributed by atoms with Crippen LogP contribution in [0.5, 0.6) is 0 Å². The summed E-state index contributed by atoms with van der Waals surface area (Å²) in [6.07, 6.45) is -1.08. The highest BCUT2D eigenvalue weighted by Crippen LogP contribution is 2.06. The van der Waals surface area contributed by atoms with Crippen molar-refractivity contribution in [1.29, 1.82) is 0 Å². The highest BCUT2D eigenvalue weighted by atomic mass is 16.6. The normalized spacial score (nSPS) is 10.7. The van der Waals surface area contributed by atoms with Gasteiger partial charge in [-0.05, 0) is 26.3 Å². The van der Waals surface area contributed by atoms with Crippen LogP contribution in [0.4, 0.5) is 4.79 Å². The number of esters is 1. The van der Waals surface area contributed by atoms with E-state index in [9.17, 15) is 14.4 Å². The minimum atomic E-state index is -0.696. The maximum atomic E-state index is 11.6. The molecule has 6 nitrogen and oxygen atoms in total. The summed E-state index contributed by atoms with van der Waals surface area (Å²) >= 11 is 0. The number of carbonyl (C=O) groups excluding carboxylic acids is 3. The molecule has 6 heteroatoms. The van der Waals surface area contributed by atoms with Gasteiger partial charge in [0.1, 0.15) is 18.6 Å². The number of ether oxygens (including phenoxy) is 2. The van der Waals surface area contributed by atoms with Crippen molar-refractivity contribution in [3.8, 4) is 0 Å². The lowest BCUT2D eigenvalue weighted by molar-refractivity contribution is -0.147. The number of benzene rings is 1. The first-order valence-corrected chi connectivity index (χ1v) is 6.94. The van der Waals surface area contributed by atoms with E-state index in [1.54, 1.807) is 20.8 Å². The summed E-state index contributed by atoms with van der Waals surface area (Å²) in [6.45, 7) is 5.00. The van der Waals surface area contributed by atoms with Crippen molar-refractivity contribution in [2.24, 2.45) is 0 Å². The van der Waals surface area contributed by atoms with E-state index in [0.717, 1.165) is 5.56 Å². The van der Waals surface area contributed by atoms with Crippen LogP contribution >= 0.6 is 0 Å². The molecule has 1 amide bonds. The molecule has 0 aliphatic rings. The quantitative estimate of drug-likeness (QED) is 0.643. The molecule has 0 spiro atoms. The topological polar surface area (TPSA) is 81.7 Å². The molecule has 0 heterocycles. The molecule has 1 aromatic rings. The monoisotopic (exact) mass is 307 g/mol. The molecule has 0 bridgehead atoms. The Kier molecular flexibility index (Phi) is 6.56. The Morgan fingerprint density at radius 3 is 2.32 bits per heavy atom. The zero-order valence-electron chi connectivity index (χ0n) is 13.0. The second-order valence-corrected chi connectivity index (χ2v) is 5.72. The summed E-state index contributed by atoms with van der Waals surface area (Å²) < 4.78 is 9.96. The third-order valence-electron chi connectivity index (χ3n) is 2.41. The van der Waals surface area contributed by atoms with E-state index in [1.807, 2.05) is 30.3 Å². The van der Waals surface area contributed by atoms with Crippen LogP contribution in [-0.2, 0) is 25.7 Å². The Bertz CT molecular complexity index is 519. The predicted octanol–water partition coefficient (Wildman–Crippen LogP) is 2.21. The van der Waals surface area contributed by atoms with Crippen LogP contribution in [0.1, 0.15) is 32.8 Å². The molecular weight excluding hydrogens is 286 g/mol. The lowest BCUT2D eigenvalue weighted by Gasteiger charge is -2.19. The molecular formula is C16H21NO5. The summed E-state index contributed by atoms with van der Waals surface area (Å²) in [5, 5.41) is 2.30. The minimum Gasteiger partial charge on any atom is -0.460 e. The Hall–Kier alpha value is -2.37. The molecule has 0 fully saturated rings. The van der Waals surface area contributed by atoms with E-state index < -0.39 is 23.4 Å². The molecule has 0 saturated carbocycles. The lowest BCUT2D eigenvalue weighted by Crippen LogP contribution is -2.36. The van der Waals surface area contributed by atoms with Gasteiger partial charge in [0.05, 0.1) is 6.54 Å². The number of ketones is 1. The molecule has 0 aliphatic carbocycles. The Morgan fingerprint density at radius 1 is 1.09 bits per heavy atom. The Morgan fingerprint density at radius 2 is 1.73 bits per heavy atom. The van der Waals surface area contributed by atoms with Crippen LogP contribution in [-0.4, -0.2) is 30.0 Å². The largest absolute Gasteiger partial charge is 0.460 e. The molecule has 1 aromatic carbocycles. The molecule has 0 radical (unpaired) electrons. The second-order valence-electron chi connectivity index (χ2n) is 5.72. The molecule has 22 heavy (non-hydrogen) atoms. The van der Waals surface area contributed by atoms with Gasteiger partial charge < -0.3 is 14.8 Å². The first-order valence-electron chi connectivity index (χ1n) is 6.94. The highest BCUT2D eigenvalue weighted by Gasteiger charge is 2.17. The number of nitrogens with one attached hydrogen (secondary N) is 1. The van der Waals surface area contributed by atoms with Gasteiger partial charge in [-0.25, -0.2) is 4.79 Å². The Balaban J connectivity index is 2.24. The van der Waals surface area contributed by atoms with Crippen molar-refractivity contribution in [1.82, 2.24) is 5.32 Å². The van der Waals surface area contributed by atoms with Crippen molar-refractivity contribution < 1.29 is 23.9 Å². The maximum Gasteiger partial charge on any atom is 0.408 e. The fourth-order valence-electron chi connectivity index (χ4n) is 1.50. The summed E-state index contributed by atoms with van der Waals surface area (Å²) in [5.41, 5.74) is 0.206. The van der Waals surface area contributed by atoms with E-state index in [-0.39, 0.29) is 19.6 Å². The van der Waals surface area contributed by atoms with Gasteiger partial charge in [0.15, 0.2) is 5.78 Å². The van der Waals surface area contributed by atoms with Gasteiger partial charge in [-0.15, -0.1) is 0 Å². The van der Waals surface area contributed by atoms with Gasteiger partial charge in [0.2, 0.25) is 0 Å². The van der Waals surface area contributed by atoms with E-state index in [0.29, 0.717) is 0 Å². The van der Waals surface area contributed by atoms with E-state index in [4.69, 9.17) is 9.47 Å². The Labute approximate surface area is 129 Å². The van der Waals surface area contributed by atoms with Crippen LogP contribution in [0.3, 0.4) is 0 Å². The van der Waals surface area contributed by atoms with Gasteiger partial charge in [-0.3, -0.25) is 9.59 Å². The van der Waals surface area contributed by atoms with Crippen LogP contribution in [0.2, 0.25) is 0 Å². The van der Waals surface area contributed by atoms with Gasteiger partial charge in [0.25, 0.3) is 0 Å². The molecule has 120 valence electrons. The van der Waals surface area contributed by atoms with Gasteiger partial charge in [-0.1, -0.05) is 30.3 Å². The van der Waals surface area contributed by atoms with E-state index in [2.05, 4.69) is 5.32 Å². The number of hydrogen-bond donors (Lipinski definition) is 1. The number of Topliss-reactive ketones (excluding diaryl/α,β-unsaturated/α-hetero) is 1. The molecule has 1 N–H and O–H groups in total. The fraction of sp³-hybridized carbons (Fsp3) is 0.438. The number of hydrogen-bond acceptors (Lipinski definition) is 5. The third kappa shape index (κ3) is 8.04. The zero-order chi connectivity index (χ0) is 16.6. The molecule has 1 rings (SSSR count). The second kappa shape index (κ2) is 8.17. The van der Waals surface area contributed by atoms with Gasteiger partial charge >= 0.3 is 12.1 Å². The highest BCUT2D eigenvalue weighted by molar-refractivity contribution is 5.97. The maximum absolute atomic E-state index is 11.6. The van der Waals surface area contributed by atoms with E-state index >= 15 is 0 Å². The summed E-state index contributed by atoms with van der Waals surface area (Å²) in [7, 11) is 0. The zero-order valence-corrected chi connectivity index (χ0v) is 13.0. The summed E-state index contributed by atoms with van der Waals surface area (Å²) in [4.78, 5) is 34.4. The van der Waals surface area contributed by atoms with Crippen LogP contribution < -0.4 is 5.32 Å². The predicted molar refractivity (Wildman–Crippen MR) is 80.1 cm³/mol. The van der Waals surface area contributed by atoms with E-state index in [1.165, 1.54) is 0 Å². The van der Waals surface area contributed by atoms with Crippen LogP contribution in [0.25, 0.3) is 0 Å². The van der Waals surface area contributed by atoms with Gasteiger partial charge in [-0.2, -0.15) is 0 Å². The first-order chi connectivity index (χ1) is 10.3. The number of carbonyl (C=O) groups is 3. The molecule has 0 saturated heterocycles. The molecule has 0 atom stereocenters. The summed E-state index contributed by atoms with van der Waals surface area (Å²) in [5.74, 6) is -1.07. The van der Waals surface area contributed by atoms with Crippen LogP contribution in [0.15, 0.2) is 30.3 Å². The average Bonchev–Trinajstić information content (AvgIpc) is 2.42. The lowest BCUT2D eigenvalue weighted by atomic mass is 10.2. The number of amides is 1. The van der Waals surface area contributed by atoms with Crippen molar-refractivity contribution in [2.45, 2.75) is 39.4 Å². The molecule has 0 unspecified atom stereocenters. The van der Waals surface area contributed by atoms with Crippen molar-refractivity contribution in [3.63, 3.8) is 0 Å². The fourth-order valence-corrected chi connectivity index (χ4v) is 1.50. The van der Waals surface area contributed by atoms with Gasteiger partial charge in [0, 0.05) is 0 Å². The minimum absolute atomic E-state index is 0.118. The summed E-state index contributed by atoms with van der Waals surface area (Å²) in [6, 6.07) is 9.16. The number of rotatable bonds is 6. The SMILES string of the molecule is CC(C)(C)OC(=O)NCC(=O)CC(=O)OCc1ccccc1. The van der Waals surface area contributed by atoms with Crippen molar-refractivity contribution >= 4 is 17.8 Å². The number of alkyl carbamates (subject to hydrolysis) is 1. The van der Waals surface area contributed by atoms with Crippen molar-refractivity contribution in [2.75, 3.05) is 6.54 Å². The first kappa shape index (κ1) is 17.7. The molecule has 0 aliphatic heterocycles. The molecule has 0 aromatic heterocycles. The van der Waals surface area contributed by atoms with Crippen LogP contribution in [0, 0.1) is 0 Å².